The lowest BCUT2D eigenvalue weighted by Crippen LogP contribution is -2.27. The maximum absolute atomic E-state index is 12.0. The van der Waals surface area contributed by atoms with E-state index in [1.165, 1.54) is 4.57 Å². The molecule has 1 aliphatic heterocycles. The van der Waals surface area contributed by atoms with Gasteiger partial charge in [-0.15, -0.1) is 0 Å². The number of ether oxygens (including phenoxy) is 2. The van der Waals surface area contributed by atoms with Crippen LogP contribution in [0.15, 0.2) is 17.1 Å². The zero-order valence-corrected chi connectivity index (χ0v) is 16.4. The predicted molar refractivity (Wildman–Crippen MR) is 101 cm³/mol. The standard InChI is InChI=1S/C16H27N3O3S2/c1-5-6-11-12(21-10-23-24-16(2,3)4)9-14(22-11)19-8-7-13(17)18-15(19)20/h7-8,11-12,14H,5-6,9-10H2,1-4H3,(H2,17,18,20)/t11-,12-,14-/m1/s1. The second kappa shape index (κ2) is 8.60. The Morgan fingerprint density at radius 2 is 2.25 bits per heavy atom. The molecule has 0 amide bonds. The number of hydrogen-bond donors (Lipinski definition) is 1. The highest BCUT2D eigenvalue weighted by atomic mass is 33.1. The maximum Gasteiger partial charge on any atom is 0.351 e. The summed E-state index contributed by atoms with van der Waals surface area (Å²) in [6.45, 7) is 8.66. The molecule has 0 saturated carbocycles. The molecule has 1 fully saturated rings. The summed E-state index contributed by atoms with van der Waals surface area (Å²) >= 11 is 0. The lowest BCUT2D eigenvalue weighted by molar-refractivity contribution is -0.0348. The van der Waals surface area contributed by atoms with Crippen LogP contribution in [0, 0.1) is 0 Å². The molecule has 2 rings (SSSR count). The van der Waals surface area contributed by atoms with Crippen molar-refractivity contribution in [3.63, 3.8) is 0 Å². The average Bonchev–Trinajstić information content (AvgIpc) is 2.86. The van der Waals surface area contributed by atoms with Crippen LogP contribution >= 0.6 is 21.6 Å². The first kappa shape index (κ1) is 19.6. The van der Waals surface area contributed by atoms with Gasteiger partial charge in [0.25, 0.3) is 0 Å². The largest absolute Gasteiger partial charge is 0.383 e. The van der Waals surface area contributed by atoms with E-state index in [0.717, 1.165) is 12.8 Å². The molecule has 0 aliphatic carbocycles. The zero-order valence-electron chi connectivity index (χ0n) is 14.7. The summed E-state index contributed by atoms with van der Waals surface area (Å²) in [5.74, 6) is 0.834. The third-order valence-corrected chi connectivity index (χ3v) is 6.55. The fourth-order valence-electron chi connectivity index (χ4n) is 2.55. The SMILES string of the molecule is CCC[C@H]1O[C@@H](n2ccc(N)nc2=O)C[C@H]1OCSSC(C)(C)C. The Labute approximate surface area is 151 Å². The van der Waals surface area contributed by atoms with Gasteiger partial charge in [0.05, 0.1) is 12.2 Å². The number of nitrogen functional groups attached to an aromatic ring is 1. The van der Waals surface area contributed by atoms with E-state index in [2.05, 4.69) is 32.7 Å². The number of nitrogens with zero attached hydrogens (tertiary/aromatic N) is 2. The quantitative estimate of drug-likeness (QED) is 0.445. The van der Waals surface area contributed by atoms with Crippen molar-refractivity contribution in [1.29, 1.82) is 0 Å². The molecule has 3 atom stereocenters. The van der Waals surface area contributed by atoms with Crippen LogP contribution in [0.3, 0.4) is 0 Å². The smallest absolute Gasteiger partial charge is 0.351 e. The van der Waals surface area contributed by atoms with Crippen LogP contribution in [0.5, 0.6) is 0 Å². The van der Waals surface area contributed by atoms with Gasteiger partial charge in [-0.2, -0.15) is 4.98 Å². The predicted octanol–water partition coefficient (Wildman–Crippen LogP) is 3.44. The fourth-order valence-corrected chi connectivity index (χ4v) is 4.55. The molecule has 0 radical (unpaired) electrons. The van der Waals surface area contributed by atoms with Gasteiger partial charge in [0.15, 0.2) is 0 Å². The van der Waals surface area contributed by atoms with Crippen LogP contribution in [0.25, 0.3) is 0 Å². The van der Waals surface area contributed by atoms with Crippen molar-refractivity contribution in [3.8, 4) is 0 Å². The molecule has 1 aromatic rings. The van der Waals surface area contributed by atoms with Crippen LogP contribution in [0.2, 0.25) is 0 Å². The van der Waals surface area contributed by atoms with Crippen LogP contribution in [0.1, 0.15) is 53.2 Å². The summed E-state index contributed by atoms with van der Waals surface area (Å²) in [6.07, 6.45) is 3.87. The summed E-state index contributed by atoms with van der Waals surface area (Å²) < 4.78 is 13.8. The normalized spacial score (nSPS) is 24.4. The number of hydrogen-bond acceptors (Lipinski definition) is 7. The fraction of sp³-hybridized carbons (Fsp3) is 0.750. The minimum Gasteiger partial charge on any atom is -0.383 e. The van der Waals surface area contributed by atoms with Crippen molar-refractivity contribution in [1.82, 2.24) is 9.55 Å². The molecule has 0 aromatic carbocycles. The first-order valence-electron chi connectivity index (χ1n) is 8.22. The van der Waals surface area contributed by atoms with Crippen molar-refractivity contribution in [3.05, 3.63) is 22.7 Å². The second-order valence-electron chi connectivity index (χ2n) is 6.83. The van der Waals surface area contributed by atoms with Gasteiger partial charge in [0.2, 0.25) is 0 Å². The molecular weight excluding hydrogens is 346 g/mol. The van der Waals surface area contributed by atoms with Gasteiger partial charge in [0.1, 0.15) is 18.0 Å². The van der Waals surface area contributed by atoms with Crippen LogP contribution in [-0.4, -0.2) is 32.4 Å². The molecule has 0 unspecified atom stereocenters. The van der Waals surface area contributed by atoms with Gasteiger partial charge in [-0.1, -0.05) is 55.7 Å². The molecule has 136 valence electrons. The van der Waals surface area contributed by atoms with Gasteiger partial charge in [-0.25, -0.2) is 4.79 Å². The van der Waals surface area contributed by atoms with E-state index < -0.39 is 0 Å². The minimum atomic E-state index is -0.381. The summed E-state index contributed by atoms with van der Waals surface area (Å²) in [7, 11) is 3.52. The number of nitrogens with two attached hydrogens (primary N) is 1. The van der Waals surface area contributed by atoms with Gasteiger partial charge >= 0.3 is 5.69 Å². The average molecular weight is 374 g/mol. The summed E-state index contributed by atoms with van der Waals surface area (Å²) in [4.78, 5) is 15.8. The second-order valence-corrected chi connectivity index (χ2v) is 9.90. The lowest BCUT2D eigenvalue weighted by atomic mass is 10.1. The van der Waals surface area contributed by atoms with E-state index in [0.29, 0.717) is 12.4 Å². The number of aromatic nitrogens is 2. The molecule has 8 heteroatoms. The zero-order chi connectivity index (χ0) is 17.7. The van der Waals surface area contributed by atoms with Crippen molar-refractivity contribution >= 4 is 27.4 Å². The molecule has 0 bridgehead atoms. The molecular formula is C16H27N3O3S2. The molecule has 24 heavy (non-hydrogen) atoms. The first-order chi connectivity index (χ1) is 11.3. The van der Waals surface area contributed by atoms with E-state index in [-0.39, 0.29) is 34.7 Å². The van der Waals surface area contributed by atoms with E-state index in [4.69, 9.17) is 15.2 Å². The van der Waals surface area contributed by atoms with Gasteiger partial charge in [0, 0.05) is 17.4 Å². The Bertz CT molecular complexity index is 589. The van der Waals surface area contributed by atoms with Crippen molar-refractivity contribution in [2.75, 3.05) is 11.7 Å². The van der Waals surface area contributed by atoms with Gasteiger partial charge in [-0.3, -0.25) is 4.57 Å². The Kier molecular flexibility index (Phi) is 7.03. The third kappa shape index (κ3) is 5.68. The Balaban J connectivity index is 1.96. The molecule has 6 nitrogen and oxygen atoms in total. The highest BCUT2D eigenvalue weighted by Gasteiger charge is 2.36. The van der Waals surface area contributed by atoms with E-state index in [1.54, 1.807) is 33.9 Å². The summed E-state index contributed by atoms with van der Waals surface area (Å²) in [5, 5.41) is 0. The van der Waals surface area contributed by atoms with Crippen molar-refractivity contribution < 1.29 is 9.47 Å². The maximum atomic E-state index is 12.0. The van der Waals surface area contributed by atoms with Crippen molar-refractivity contribution in [2.45, 2.75) is 70.1 Å². The molecule has 1 aromatic heterocycles. The van der Waals surface area contributed by atoms with Crippen LogP contribution < -0.4 is 11.4 Å². The highest BCUT2D eigenvalue weighted by Crippen LogP contribution is 2.37. The minimum absolute atomic E-state index is 0.00434. The topological polar surface area (TPSA) is 79.4 Å². The monoisotopic (exact) mass is 373 g/mol. The molecule has 1 saturated heterocycles. The number of anilines is 1. The van der Waals surface area contributed by atoms with E-state index >= 15 is 0 Å². The molecule has 1 aliphatic rings. The summed E-state index contributed by atoms with van der Waals surface area (Å²) in [6, 6.07) is 1.61. The Hall–Kier alpha value is -0.700. The first-order valence-corrected chi connectivity index (χ1v) is 10.5. The highest BCUT2D eigenvalue weighted by molar-refractivity contribution is 8.77. The van der Waals surface area contributed by atoms with E-state index in [9.17, 15) is 4.79 Å². The lowest BCUT2D eigenvalue weighted by Gasteiger charge is -2.20. The van der Waals surface area contributed by atoms with Crippen LogP contribution in [0.4, 0.5) is 5.82 Å². The molecule has 2 N–H and O–H groups in total. The number of rotatable bonds is 7. The van der Waals surface area contributed by atoms with Gasteiger partial charge < -0.3 is 15.2 Å². The van der Waals surface area contributed by atoms with Crippen LogP contribution in [-0.2, 0) is 9.47 Å². The Morgan fingerprint density at radius 1 is 1.50 bits per heavy atom. The molecule has 0 spiro atoms. The van der Waals surface area contributed by atoms with E-state index in [1.807, 2.05) is 0 Å². The third-order valence-electron chi connectivity index (χ3n) is 3.55. The Morgan fingerprint density at radius 3 is 2.88 bits per heavy atom. The molecule has 2 heterocycles. The van der Waals surface area contributed by atoms with Crippen molar-refractivity contribution in [2.24, 2.45) is 0 Å². The van der Waals surface area contributed by atoms with Gasteiger partial charge in [-0.05, 0) is 12.5 Å². The summed E-state index contributed by atoms with van der Waals surface area (Å²) in [5.41, 5.74) is 5.17.